The van der Waals surface area contributed by atoms with E-state index in [9.17, 15) is 19.2 Å². The van der Waals surface area contributed by atoms with Gasteiger partial charge in [-0.2, -0.15) is 0 Å². The van der Waals surface area contributed by atoms with Crippen molar-refractivity contribution in [3.8, 4) is 0 Å². The second-order valence-electron chi connectivity index (χ2n) is 8.94. The lowest BCUT2D eigenvalue weighted by atomic mass is 9.99. The van der Waals surface area contributed by atoms with Crippen LogP contribution in [0.5, 0.6) is 0 Å². The third kappa shape index (κ3) is 7.33. The highest BCUT2D eigenvalue weighted by Crippen LogP contribution is 2.17. The van der Waals surface area contributed by atoms with E-state index in [1.165, 1.54) is 6.07 Å². The van der Waals surface area contributed by atoms with Gasteiger partial charge in [0.2, 0.25) is 11.5 Å². The monoisotopic (exact) mass is 545 g/mol. The number of halogens is 1. The van der Waals surface area contributed by atoms with E-state index in [1.54, 1.807) is 43.3 Å². The molecule has 0 saturated heterocycles. The summed E-state index contributed by atoms with van der Waals surface area (Å²) in [6, 6.07) is 22.0. The van der Waals surface area contributed by atoms with Crippen LogP contribution in [0.4, 0.5) is 0 Å². The summed E-state index contributed by atoms with van der Waals surface area (Å²) in [6.07, 6.45) is 0.216. The summed E-state index contributed by atoms with van der Waals surface area (Å²) >= 11 is 5.96. The number of fused-ring (bicyclic) bond motifs is 1. The Morgan fingerprint density at radius 2 is 1.56 bits per heavy atom. The highest BCUT2D eigenvalue weighted by Gasteiger charge is 2.29. The molecule has 1 heterocycles. The maximum Gasteiger partial charge on any atom is 0.328 e. The molecular formula is C30H28ClN3O5. The Bertz CT molecular complexity index is 1520. The standard InChI is InChI=1S/C30H28ClN3O5/c1-2-39-30(38)26(16-19-8-4-3-5-9-19)34-29(37)25(33-28(36)20-12-14-22(31)15-13-20)17-21-18-27(35)32-24-11-7-6-10-23(21)24/h3-15,18,25-26H,2,16-17H2,1H3,(H,32,35)(H,33,36)(H,34,37). The molecule has 0 radical (unpaired) electrons. The van der Waals surface area contributed by atoms with Crippen LogP contribution in [0.25, 0.3) is 10.9 Å². The Hall–Kier alpha value is -4.43. The molecule has 0 saturated carbocycles. The van der Waals surface area contributed by atoms with Gasteiger partial charge >= 0.3 is 5.97 Å². The van der Waals surface area contributed by atoms with E-state index < -0.39 is 29.9 Å². The molecule has 0 bridgehead atoms. The van der Waals surface area contributed by atoms with Crippen molar-refractivity contribution in [2.24, 2.45) is 0 Å². The minimum absolute atomic E-state index is 0.0104. The second-order valence-corrected chi connectivity index (χ2v) is 9.38. The Labute approximate surface area is 230 Å². The fourth-order valence-electron chi connectivity index (χ4n) is 4.28. The van der Waals surface area contributed by atoms with Gasteiger partial charge in [-0.25, -0.2) is 4.79 Å². The molecule has 0 aliphatic rings. The molecule has 1 aromatic heterocycles. The highest BCUT2D eigenvalue weighted by molar-refractivity contribution is 6.30. The average Bonchev–Trinajstić information content (AvgIpc) is 2.93. The van der Waals surface area contributed by atoms with Crippen molar-refractivity contribution in [3.63, 3.8) is 0 Å². The molecule has 39 heavy (non-hydrogen) atoms. The molecule has 2 amide bonds. The van der Waals surface area contributed by atoms with Gasteiger partial charge in [-0.15, -0.1) is 0 Å². The van der Waals surface area contributed by atoms with Crippen molar-refractivity contribution in [3.05, 3.63) is 117 Å². The lowest BCUT2D eigenvalue weighted by molar-refractivity contribution is -0.147. The molecule has 0 spiro atoms. The lowest BCUT2D eigenvalue weighted by Crippen LogP contribution is -2.53. The number of rotatable bonds is 10. The minimum Gasteiger partial charge on any atom is -0.464 e. The number of ether oxygens (including phenoxy) is 1. The molecule has 2 atom stereocenters. The third-order valence-corrected chi connectivity index (χ3v) is 6.41. The number of carbonyl (C=O) groups is 3. The van der Waals surface area contributed by atoms with Gasteiger partial charge < -0.3 is 20.4 Å². The Morgan fingerprint density at radius 3 is 2.28 bits per heavy atom. The van der Waals surface area contributed by atoms with Crippen LogP contribution in [0.1, 0.15) is 28.4 Å². The van der Waals surface area contributed by atoms with Crippen LogP contribution >= 0.6 is 11.6 Å². The Kier molecular flexibility index (Phi) is 9.12. The first-order chi connectivity index (χ1) is 18.8. The topological polar surface area (TPSA) is 117 Å². The average molecular weight is 546 g/mol. The smallest absolute Gasteiger partial charge is 0.328 e. The van der Waals surface area contributed by atoms with Crippen LogP contribution in [0.2, 0.25) is 5.02 Å². The predicted octanol–water partition coefficient (Wildman–Crippen LogP) is 3.81. The summed E-state index contributed by atoms with van der Waals surface area (Å²) in [7, 11) is 0. The fraction of sp³-hybridized carbons (Fsp3) is 0.200. The number of carbonyl (C=O) groups excluding carboxylic acids is 3. The number of pyridine rings is 1. The molecule has 3 N–H and O–H groups in total. The zero-order valence-corrected chi connectivity index (χ0v) is 22.0. The van der Waals surface area contributed by atoms with E-state index in [0.29, 0.717) is 21.7 Å². The van der Waals surface area contributed by atoms with E-state index in [0.717, 1.165) is 10.9 Å². The molecule has 8 nitrogen and oxygen atoms in total. The zero-order chi connectivity index (χ0) is 27.8. The van der Waals surface area contributed by atoms with Crippen molar-refractivity contribution >= 4 is 40.3 Å². The molecular weight excluding hydrogens is 518 g/mol. The third-order valence-electron chi connectivity index (χ3n) is 6.16. The SMILES string of the molecule is CCOC(=O)C(Cc1ccccc1)NC(=O)C(Cc1cc(=O)[nH]c2ccccc12)NC(=O)c1ccc(Cl)cc1. The van der Waals surface area contributed by atoms with Crippen LogP contribution in [0.3, 0.4) is 0 Å². The first-order valence-electron chi connectivity index (χ1n) is 12.5. The quantitative estimate of drug-likeness (QED) is 0.262. The van der Waals surface area contributed by atoms with Crippen molar-refractivity contribution in [2.45, 2.75) is 31.8 Å². The molecule has 9 heteroatoms. The van der Waals surface area contributed by atoms with Crippen LogP contribution in [-0.4, -0.2) is 41.5 Å². The maximum absolute atomic E-state index is 13.7. The fourth-order valence-corrected chi connectivity index (χ4v) is 4.40. The van der Waals surface area contributed by atoms with Gasteiger partial charge in [0, 0.05) is 40.4 Å². The number of H-pyrrole nitrogens is 1. The number of amides is 2. The van der Waals surface area contributed by atoms with Crippen LogP contribution < -0.4 is 16.2 Å². The van der Waals surface area contributed by atoms with Gasteiger partial charge in [0.1, 0.15) is 12.1 Å². The van der Waals surface area contributed by atoms with E-state index in [2.05, 4.69) is 15.6 Å². The van der Waals surface area contributed by atoms with Gasteiger partial charge in [-0.05, 0) is 48.4 Å². The van der Waals surface area contributed by atoms with E-state index in [-0.39, 0.29) is 25.0 Å². The second kappa shape index (κ2) is 12.9. The molecule has 0 fully saturated rings. The maximum atomic E-state index is 13.7. The first kappa shape index (κ1) is 27.6. The number of nitrogens with one attached hydrogen (secondary N) is 3. The zero-order valence-electron chi connectivity index (χ0n) is 21.3. The van der Waals surface area contributed by atoms with Gasteiger partial charge in [-0.1, -0.05) is 60.1 Å². The number of para-hydroxylation sites is 1. The molecule has 4 rings (SSSR count). The largest absolute Gasteiger partial charge is 0.464 e. The van der Waals surface area contributed by atoms with E-state index >= 15 is 0 Å². The summed E-state index contributed by atoms with van der Waals surface area (Å²) in [5, 5.41) is 6.74. The number of esters is 1. The summed E-state index contributed by atoms with van der Waals surface area (Å²) in [5.41, 5.74) is 1.98. The predicted molar refractivity (Wildman–Crippen MR) is 150 cm³/mol. The van der Waals surface area contributed by atoms with Gasteiger partial charge in [0.25, 0.3) is 5.91 Å². The normalized spacial score (nSPS) is 12.4. The molecule has 200 valence electrons. The molecule has 0 aliphatic carbocycles. The molecule has 2 unspecified atom stereocenters. The van der Waals surface area contributed by atoms with Gasteiger partial charge in [0.05, 0.1) is 6.61 Å². The first-order valence-corrected chi connectivity index (χ1v) is 12.9. The van der Waals surface area contributed by atoms with Crippen molar-refractivity contribution in [2.75, 3.05) is 6.61 Å². The van der Waals surface area contributed by atoms with Crippen LogP contribution in [0.15, 0.2) is 89.7 Å². The van der Waals surface area contributed by atoms with Crippen molar-refractivity contribution in [1.29, 1.82) is 0 Å². The van der Waals surface area contributed by atoms with Crippen LogP contribution in [0, 0.1) is 0 Å². The number of aromatic nitrogens is 1. The summed E-state index contributed by atoms with van der Waals surface area (Å²) in [5.74, 6) is -1.67. The molecule has 4 aromatic rings. The number of benzene rings is 3. The molecule has 0 aliphatic heterocycles. The van der Waals surface area contributed by atoms with Gasteiger partial charge in [-0.3, -0.25) is 14.4 Å². The van der Waals surface area contributed by atoms with Crippen molar-refractivity contribution in [1.82, 2.24) is 15.6 Å². The van der Waals surface area contributed by atoms with Gasteiger partial charge in [0.15, 0.2) is 0 Å². The Balaban J connectivity index is 1.65. The van der Waals surface area contributed by atoms with E-state index in [1.807, 2.05) is 42.5 Å². The number of aromatic amines is 1. The lowest BCUT2D eigenvalue weighted by Gasteiger charge is -2.23. The van der Waals surface area contributed by atoms with Crippen molar-refractivity contribution < 1.29 is 19.1 Å². The summed E-state index contributed by atoms with van der Waals surface area (Å²) in [4.78, 5) is 54.7. The van der Waals surface area contributed by atoms with E-state index in [4.69, 9.17) is 16.3 Å². The van der Waals surface area contributed by atoms with Crippen LogP contribution in [-0.2, 0) is 27.2 Å². The highest BCUT2D eigenvalue weighted by atomic mass is 35.5. The number of hydrogen-bond acceptors (Lipinski definition) is 5. The summed E-state index contributed by atoms with van der Waals surface area (Å²) < 4.78 is 5.21. The number of hydrogen-bond donors (Lipinski definition) is 3. The summed E-state index contributed by atoms with van der Waals surface area (Å²) in [6.45, 7) is 1.84. The Morgan fingerprint density at radius 1 is 0.872 bits per heavy atom. The minimum atomic E-state index is -1.11. The molecule has 3 aromatic carbocycles.